The van der Waals surface area contributed by atoms with Crippen molar-refractivity contribution < 1.29 is 17.4 Å². The number of benzene rings is 2. The Kier molecular flexibility index (Phi) is 5.74. The molecule has 29 heavy (non-hydrogen) atoms. The number of aromatic nitrogens is 2. The van der Waals surface area contributed by atoms with Crippen LogP contribution in [0.5, 0.6) is 5.75 Å². The Morgan fingerprint density at radius 1 is 1.07 bits per heavy atom. The fourth-order valence-corrected chi connectivity index (χ4v) is 4.07. The smallest absolute Gasteiger partial charge is 0.339 e. The molecule has 1 aromatic heterocycles. The number of anilines is 1. The summed E-state index contributed by atoms with van der Waals surface area (Å²) in [6.07, 6.45) is 1.62. The van der Waals surface area contributed by atoms with Gasteiger partial charge in [0.1, 0.15) is 16.5 Å². The molecular formula is C21H23N3O4S. The molecule has 0 bridgehead atoms. The number of carbonyl (C=O) groups excluding carboxylic acids is 1. The summed E-state index contributed by atoms with van der Waals surface area (Å²) in [5.41, 5.74) is 1.80. The zero-order chi connectivity index (χ0) is 21.2. The van der Waals surface area contributed by atoms with Crippen molar-refractivity contribution in [3.05, 3.63) is 71.4 Å². The highest BCUT2D eigenvalue weighted by Crippen LogP contribution is 2.23. The largest absolute Gasteiger partial charge is 0.379 e. The van der Waals surface area contributed by atoms with Crippen LogP contribution in [0.15, 0.2) is 59.6 Å². The summed E-state index contributed by atoms with van der Waals surface area (Å²) in [6, 6.07) is 12.9. The summed E-state index contributed by atoms with van der Waals surface area (Å²) in [5, 5.41) is 6.97. The average molecular weight is 413 g/mol. The third-order valence-corrected chi connectivity index (χ3v) is 5.73. The Labute approximate surface area is 170 Å². The van der Waals surface area contributed by atoms with Crippen molar-refractivity contribution in [2.45, 2.75) is 38.6 Å². The van der Waals surface area contributed by atoms with Gasteiger partial charge in [-0.1, -0.05) is 12.1 Å². The Morgan fingerprint density at radius 3 is 2.41 bits per heavy atom. The Morgan fingerprint density at radius 2 is 1.76 bits per heavy atom. The van der Waals surface area contributed by atoms with Crippen LogP contribution in [0.25, 0.3) is 0 Å². The Bertz CT molecular complexity index is 1130. The van der Waals surface area contributed by atoms with Gasteiger partial charge in [0, 0.05) is 17.7 Å². The molecule has 0 saturated heterocycles. The summed E-state index contributed by atoms with van der Waals surface area (Å²) in [7, 11) is -3.97. The van der Waals surface area contributed by atoms with Crippen LogP contribution in [0.4, 0.5) is 5.82 Å². The Hall–Kier alpha value is -3.13. The second kappa shape index (κ2) is 8.08. The molecule has 0 spiro atoms. The molecule has 1 amide bonds. The van der Waals surface area contributed by atoms with Crippen LogP contribution in [0.1, 0.15) is 41.4 Å². The van der Waals surface area contributed by atoms with Gasteiger partial charge in [0.05, 0.1) is 6.20 Å². The number of hydrogen-bond acceptors (Lipinski definition) is 5. The number of carbonyl (C=O) groups is 1. The molecule has 152 valence electrons. The van der Waals surface area contributed by atoms with Crippen molar-refractivity contribution in [2.75, 3.05) is 5.32 Å². The molecule has 0 fully saturated rings. The first-order chi connectivity index (χ1) is 13.7. The molecule has 0 saturated carbocycles. The minimum atomic E-state index is -3.97. The molecule has 1 N–H and O–H groups in total. The van der Waals surface area contributed by atoms with E-state index < -0.39 is 10.1 Å². The quantitative estimate of drug-likeness (QED) is 0.615. The second-order valence-corrected chi connectivity index (χ2v) is 8.55. The molecular weight excluding hydrogens is 390 g/mol. The van der Waals surface area contributed by atoms with E-state index in [0.717, 1.165) is 5.56 Å². The summed E-state index contributed by atoms with van der Waals surface area (Å²) < 4.78 is 32.1. The maximum atomic E-state index is 12.6. The Balaban J connectivity index is 1.75. The highest BCUT2D eigenvalue weighted by molar-refractivity contribution is 7.87. The van der Waals surface area contributed by atoms with Crippen LogP contribution in [0.3, 0.4) is 0 Å². The van der Waals surface area contributed by atoms with Crippen LogP contribution >= 0.6 is 0 Å². The normalized spacial score (nSPS) is 11.5. The van der Waals surface area contributed by atoms with E-state index in [4.69, 9.17) is 4.18 Å². The fraction of sp³-hybridized carbons (Fsp3) is 0.238. The number of nitrogens with zero attached hydrogens (tertiary/aromatic N) is 2. The molecule has 0 aliphatic carbocycles. The van der Waals surface area contributed by atoms with Crippen LogP contribution in [0.2, 0.25) is 0 Å². The highest BCUT2D eigenvalue weighted by atomic mass is 32.2. The van der Waals surface area contributed by atoms with Gasteiger partial charge in [-0.05, 0) is 69.2 Å². The lowest BCUT2D eigenvalue weighted by Gasteiger charge is -2.12. The SMILES string of the molecule is Cc1ccc(C)c(S(=O)(=O)Oc2ccc(C(=O)Nc3ccnn3C(C)C)cc2)c1. The van der Waals surface area contributed by atoms with Gasteiger partial charge in [-0.25, -0.2) is 4.68 Å². The first kappa shape index (κ1) is 20.6. The van der Waals surface area contributed by atoms with E-state index >= 15 is 0 Å². The van der Waals surface area contributed by atoms with Gasteiger partial charge in [-0.2, -0.15) is 13.5 Å². The second-order valence-electron chi connectivity index (χ2n) is 7.04. The van der Waals surface area contributed by atoms with E-state index in [-0.39, 0.29) is 22.6 Å². The van der Waals surface area contributed by atoms with E-state index in [0.29, 0.717) is 16.9 Å². The van der Waals surface area contributed by atoms with Crippen LogP contribution in [-0.4, -0.2) is 24.1 Å². The minimum Gasteiger partial charge on any atom is -0.379 e. The summed E-state index contributed by atoms with van der Waals surface area (Å²) in [6.45, 7) is 7.46. The predicted molar refractivity (Wildman–Crippen MR) is 111 cm³/mol. The first-order valence-electron chi connectivity index (χ1n) is 9.14. The van der Waals surface area contributed by atoms with Gasteiger partial charge >= 0.3 is 10.1 Å². The van der Waals surface area contributed by atoms with Crippen molar-refractivity contribution in [1.82, 2.24) is 9.78 Å². The monoisotopic (exact) mass is 413 g/mol. The number of amides is 1. The van der Waals surface area contributed by atoms with E-state index in [1.165, 1.54) is 24.3 Å². The average Bonchev–Trinajstić information content (AvgIpc) is 3.12. The lowest BCUT2D eigenvalue weighted by atomic mass is 10.2. The van der Waals surface area contributed by atoms with Crippen molar-refractivity contribution in [2.24, 2.45) is 0 Å². The topological polar surface area (TPSA) is 90.3 Å². The molecule has 7 nitrogen and oxygen atoms in total. The maximum absolute atomic E-state index is 12.6. The van der Waals surface area contributed by atoms with Gasteiger partial charge in [0.2, 0.25) is 0 Å². The standard InChI is InChI=1S/C21H23N3O4S/c1-14(2)24-20(11-12-22-24)23-21(25)17-7-9-18(10-8-17)28-29(26,27)19-13-15(3)5-6-16(19)4/h5-14H,1-4H3,(H,23,25). The van der Waals surface area contributed by atoms with E-state index in [1.54, 1.807) is 36.0 Å². The van der Waals surface area contributed by atoms with Crippen molar-refractivity contribution in [3.63, 3.8) is 0 Å². The molecule has 0 atom stereocenters. The first-order valence-corrected chi connectivity index (χ1v) is 10.5. The molecule has 1 heterocycles. The predicted octanol–water partition coefficient (Wildman–Crippen LogP) is 4.10. The van der Waals surface area contributed by atoms with E-state index in [1.807, 2.05) is 26.8 Å². The molecule has 0 radical (unpaired) electrons. The molecule has 0 aliphatic heterocycles. The molecule has 0 unspecified atom stereocenters. The fourth-order valence-electron chi connectivity index (χ4n) is 2.82. The van der Waals surface area contributed by atoms with Crippen LogP contribution < -0.4 is 9.50 Å². The zero-order valence-corrected chi connectivity index (χ0v) is 17.5. The number of hydrogen-bond donors (Lipinski definition) is 1. The van der Waals surface area contributed by atoms with Gasteiger partial charge in [0.25, 0.3) is 5.91 Å². The van der Waals surface area contributed by atoms with Gasteiger partial charge in [-0.15, -0.1) is 0 Å². The van der Waals surface area contributed by atoms with Gasteiger partial charge < -0.3 is 9.50 Å². The minimum absolute atomic E-state index is 0.103. The van der Waals surface area contributed by atoms with Crippen LogP contribution in [-0.2, 0) is 10.1 Å². The third kappa shape index (κ3) is 4.65. The van der Waals surface area contributed by atoms with Gasteiger partial charge in [-0.3, -0.25) is 4.79 Å². The number of rotatable bonds is 6. The summed E-state index contributed by atoms with van der Waals surface area (Å²) in [5.74, 6) is 0.397. The van der Waals surface area contributed by atoms with E-state index in [9.17, 15) is 13.2 Å². The lowest BCUT2D eigenvalue weighted by Crippen LogP contribution is -2.17. The summed E-state index contributed by atoms with van der Waals surface area (Å²) in [4.78, 5) is 12.6. The highest BCUT2D eigenvalue weighted by Gasteiger charge is 2.20. The summed E-state index contributed by atoms with van der Waals surface area (Å²) >= 11 is 0. The molecule has 3 aromatic rings. The molecule has 8 heteroatoms. The molecule has 2 aromatic carbocycles. The van der Waals surface area contributed by atoms with E-state index in [2.05, 4.69) is 10.4 Å². The number of nitrogens with one attached hydrogen (secondary N) is 1. The van der Waals surface area contributed by atoms with Crippen LogP contribution in [0, 0.1) is 13.8 Å². The number of aryl methyl sites for hydroxylation is 2. The van der Waals surface area contributed by atoms with Crippen molar-refractivity contribution in [1.29, 1.82) is 0 Å². The van der Waals surface area contributed by atoms with Crippen molar-refractivity contribution >= 4 is 21.8 Å². The molecule has 3 rings (SSSR count). The van der Waals surface area contributed by atoms with Gasteiger partial charge in [0.15, 0.2) is 0 Å². The lowest BCUT2D eigenvalue weighted by molar-refractivity contribution is 0.102. The maximum Gasteiger partial charge on any atom is 0.339 e. The van der Waals surface area contributed by atoms with Crippen molar-refractivity contribution in [3.8, 4) is 5.75 Å². The zero-order valence-electron chi connectivity index (χ0n) is 16.7. The molecule has 0 aliphatic rings. The third-order valence-electron chi connectivity index (χ3n) is 4.34.